The molecule has 0 fully saturated rings. The van der Waals surface area contributed by atoms with Crippen molar-refractivity contribution in [3.8, 4) is 0 Å². The maximum atomic E-state index is 11.1. The first-order chi connectivity index (χ1) is 6.16. The monoisotopic (exact) mass is 220 g/mol. The second-order valence-corrected chi connectivity index (χ2v) is 4.90. The maximum absolute atomic E-state index is 11.1. The van der Waals surface area contributed by atoms with Crippen LogP contribution in [0.25, 0.3) is 0 Å². The lowest BCUT2D eigenvalue weighted by atomic mass is 10.1. The smallest absolute Gasteiger partial charge is 0.267 e. The molecule has 0 aliphatic carbocycles. The molecule has 0 aromatic carbocycles. The molecule has 0 bridgehead atoms. The van der Waals surface area contributed by atoms with E-state index in [0.29, 0.717) is 0 Å². The van der Waals surface area contributed by atoms with E-state index in [-0.39, 0.29) is 5.57 Å². The summed E-state index contributed by atoms with van der Waals surface area (Å²) < 4.78 is 29.6. The molecular formula is C8H12O5S. The van der Waals surface area contributed by atoms with Gasteiger partial charge in [0.25, 0.3) is 10.1 Å². The average molecular weight is 220 g/mol. The van der Waals surface area contributed by atoms with Gasteiger partial charge in [-0.15, -0.1) is 0 Å². The van der Waals surface area contributed by atoms with Crippen LogP contribution >= 0.6 is 0 Å². The fourth-order valence-electron chi connectivity index (χ4n) is 0.697. The number of allylic oxidation sites excluding steroid dienone is 1. The Balaban J connectivity index is 4.51. The highest BCUT2D eigenvalue weighted by atomic mass is 32.2. The molecule has 0 spiro atoms. The Morgan fingerprint density at radius 2 is 1.86 bits per heavy atom. The molecule has 0 aromatic heterocycles. The Morgan fingerprint density at radius 3 is 2.14 bits per heavy atom. The van der Waals surface area contributed by atoms with Gasteiger partial charge in [-0.05, 0) is 19.4 Å². The third kappa shape index (κ3) is 3.80. The quantitative estimate of drug-likeness (QED) is 0.410. The van der Waals surface area contributed by atoms with Gasteiger partial charge in [-0.25, -0.2) is 0 Å². The van der Waals surface area contributed by atoms with Crippen molar-refractivity contribution >= 4 is 21.7 Å². The van der Waals surface area contributed by atoms with E-state index in [9.17, 15) is 18.0 Å². The normalized spacial score (nSPS) is 13.4. The van der Waals surface area contributed by atoms with Gasteiger partial charge in [0.05, 0.1) is 5.25 Å². The van der Waals surface area contributed by atoms with Gasteiger partial charge in [0.2, 0.25) is 11.6 Å². The largest absolute Gasteiger partial charge is 0.290 e. The summed E-state index contributed by atoms with van der Waals surface area (Å²) in [5.74, 6) is -1.66. The van der Waals surface area contributed by atoms with Crippen molar-refractivity contribution in [2.24, 2.45) is 0 Å². The molecular weight excluding hydrogens is 208 g/mol. The van der Waals surface area contributed by atoms with Crippen molar-refractivity contribution in [2.45, 2.75) is 25.5 Å². The highest BCUT2D eigenvalue weighted by Crippen LogP contribution is 2.06. The molecule has 0 radical (unpaired) electrons. The van der Waals surface area contributed by atoms with Crippen LogP contribution in [0.3, 0.4) is 0 Å². The number of carbonyl (C=O) groups is 2. The standard InChI is InChI=1S/C8H12O5S/c1-5(2)8(10)7(9)4-6(3)14(11,12)13/h6H,1,4H2,2-3H3,(H,11,12,13). The van der Waals surface area contributed by atoms with Crippen molar-refractivity contribution in [1.82, 2.24) is 0 Å². The zero-order valence-corrected chi connectivity index (χ0v) is 8.80. The highest BCUT2D eigenvalue weighted by Gasteiger charge is 2.24. The number of ketones is 2. The summed E-state index contributed by atoms with van der Waals surface area (Å²) in [5, 5.41) is -1.27. The number of carbonyl (C=O) groups excluding carboxylic acids is 2. The molecule has 6 heteroatoms. The van der Waals surface area contributed by atoms with E-state index < -0.39 is 33.4 Å². The maximum Gasteiger partial charge on any atom is 0.267 e. The van der Waals surface area contributed by atoms with E-state index in [4.69, 9.17) is 4.55 Å². The Morgan fingerprint density at radius 1 is 1.43 bits per heavy atom. The SMILES string of the molecule is C=C(C)C(=O)C(=O)CC(C)S(=O)(=O)O. The summed E-state index contributed by atoms with van der Waals surface area (Å²) in [4.78, 5) is 22.0. The molecule has 0 aromatic rings. The molecule has 0 saturated carbocycles. The van der Waals surface area contributed by atoms with Crippen LogP contribution < -0.4 is 0 Å². The lowest BCUT2D eigenvalue weighted by Gasteiger charge is -2.05. The molecule has 0 heterocycles. The fourth-order valence-corrected chi connectivity index (χ4v) is 1.06. The molecule has 80 valence electrons. The van der Waals surface area contributed by atoms with Gasteiger partial charge < -0.3 is 0 Å². The van der Waals surface area contributed by atoms with Gasteiger partial charge >= 0.3 is 0 Å². The van der Waals surface area contributed by atoms with Crippen LogP contribution in [0, 0.1) is 0 Å². The predicted octanol–water partition coefficient (Wildman–Crippen LogP) is 0.367. The lowest BCUT2D eigenvalue weighted by molar-refractivity contribution is -0.134. The van der Waals surface area contributed by atoms with E-state index in [1.807, 2.05) is 0 Å². The Kier molecular flexibility index (Phi) is 4.15. The molecule has 5 nitrogen and oxygen atoms in total. The second-order valence-electron chi connectivity index (χ2n) is 3.06. The minimum atomic E-state index is -4.26. The summed E-state index contributed by atoms with van der Waals surface area (Å²) in [5.41, 5.74) is 0.0533. The van der Waals surface area contributed by atoms with Crippen LogP contribution in [0.2, 0.25) is 0 Å². The van der Waals surface area contributed by atoms with E-state index in [0.717, 1.165) is 6.92 Å². The molecule has 1 atom stereocenters. The third-order valence-corrected chi connectivity index (χ3v) is 2.81. The van der Waals surface area contributed by atoms with Gasteiger partial charge in [0.1, 0.15) is 0 Å². The first-order valence-corrected chi connectivity index (χ1v) is 5.36. The average Bonchev–Trinajstić information content (AvgIpc) is 2.00. The Bertz CT molecular complexity index is 365. The van der Waals surface area contributed by atoms with Crippen LogP contribution in [0.4, 0.5) is 0 Å². The minimum Gasteiger partial charge on any atom is -0.290 e. The molecule has 0 aliphatic rings. The van der Waals surface area contributed by atoms with Crippen LogP contribution in [-0.4, -0.2) is 29.8 Å². The van der Waals surface area contributed by atoms with Gasteiger partial charge in [-0.3, -0.25) is 14.1 Å². The highest BCUT2D eigenvalue weighted by molar-refractivity contribution is 7.86. The van der Waals surface area contributed by atoms with E-state index in [1.165, 1.54) is 6.92 Å². The zero-order valence-electron chi connectivity index (χ0n) is 7.98. The van der Waals surface area contributed by atoms with Crippen LogP contribution in [0.1, 0.15) is 20.3 Å². The van der Waals surface area contributed by atoms with Crippen molar-refractivity contribution < 1.29 is 22.6 Å². The first kappa shape index (κ1) is 13.0. The first-order valence-electron chi connectivity index (χ1n) is 3.85. The predicted molar refractivity (Wildman–Crippen MR) is 50.5 cm³/mol. The summed E-state index contributed by atoms with van der Waals surface area (Å²) in [6.45, 7) is 5.77. The number of Topliss-reactive ketones (excluding diaryl/α,β-unsaturated/α-hetero) is 2. The topological polar surface area (TPSA) is 88.5 Å². The molecule has 0 amide bonds. The lowest BCUT2D eigenvalue weighted by Crippen LogP contribution is -2.25. The van der Waals surface area contributed by atoms with Gasteiger partial charge in [0, 0.05) is 6.42 Å². The van der Waals surface area contributed by atoms with Crippen molar-refractivity contribution in [3.05, 3.63) is 12.2 Å². The Labute approximate surface area is 82.6 Å². The van der Waals surface area contributed by atoms with Crippen molar-refractivity contribution in [3.63, 3.8) is 0 Å². The third-order valence-electron chi connectivity index (χ3n) is 1.62. The second kappa shape index (κ2) is 4.47. The zero-order chi connectivity index (χ0) is 11.5. The van der Waals surface area contributed by atoms with Crippen molar-refractivity contribution in [2.75, 3.05) is 0 Å². The van der Waals surface area contributed by atoms with Gasteiger partial charge in [0.15, 0.2) is 0 Å². The molecule has 1 N–H and O–H groups in total. The van der Waals surface area contributed by atoms with E-state index in [2.05, 4.69) is 6.58 Å². The molecule has 14 heavy (non-hydrogen) atoms. The minimum absolute atomic E-state index is 0.0533. The number of hydrogen-bond donors (Lipinski definition) is 1. The summed E-state index contributed by atoms with van der Waals surface area (Å²) >= 11 is 0. The Hall–Kier alpha value is -1.01. The molecule has 0 saturated heterocycles. The summed E-state index contributed by atoms with van der Waals surface area (Å²) in [6, 6.07) is 0. The summed E-state index contributed by atoms with van der Waals surface area (Å²) in [6.07, 6.45) is -0.523. The summed E-state index contributed by atoms with van der Waals surface area (Å²) in [7, 11) is -4.26. The van der Waals surface area contributed by atoms with E-state index in [1.54, 1.807) is 0 Å². The fraction of sp³-hybridized carbons (Fsp3) is 0.500. The number of rotatable bonds is 5. The van der Waals surface area contributed by atoms with Gasteiger partial charge in [-0.2, -0.15) is 8.42 Å². The number of hydrogen-bond acceptors (Lipinski definition) is 4. The molecule has 1 unspecified atom stereocenters. The van der Waals surface area contributed by atoms with E-state index >= 15 is 0 Å². The van der Waals surface area contributed by atoms with Crippen LogP contribution in [0.5, 0.6) is 0 Å². The van der Waals surface area contributed by atoms with Gasteiger partial charge in [-0.1, -0.05) is 6.58 Å². The van der Waals surface area contributed by atoms with Crippen LogP contribution in [0.15, 0.2) is 12.2 Å². The van der Waals surface area contributed by atoms with Crippen molar-refractivity contribution in [1.29, 1.82) is 0 Å². The molecule has 0 rings (SSSR count). The van der Waals surface area contributed by atoms with Crippen LogP contribution in [-0.2, 0) is 19.7 Å². The molecule has 0 aliphatic heterocycles.